The van der Waals surface area contributed by atoms with E-state index >= 15 is 0 Å². The number of rotatable bonds is 4. The van der Waals surface area contributed by atoms with Gasteiger partial charge in [0.15, 0.2) is 0 Å². The lowest BCUT2D eigenvalue weighted by Gasteiger charge is -2.27. The minimum atomic E-state index is 0.0843. The van der Waals surface area contributed by atoms with Crippen molar-refractivity contribution in [3.8, 4) is 5.69 Å². The molecule has 2 heterocycles. The molecule has 1 amide bonds. The van der Waals surface area contributed by atoms with Crippen molar-refractivity contribution in [2.75, 3.05) is 26.3 Å². The van der Waals surface area contributed by atoms with E-state index < -0.39 is 0 Å². The maximum atomic E-state index is 13.2. The van der Waals surface area contributed by atoms with Crippen LogP contribution in [0.15, 0.2) is 30.3 Å². The Morgan fingerprint density at radius 1 is 1.21 bits per heavy atom. The molecule has 1 aliphatic heterocycles. The van der Waals surface area contributed by atoms with Crippen LogP contribution in [0, 0.1) is 0 Å². The summed E-state index contributed by atoms with van der Waals surface area (Å²) >= 11 is 0. The summed E-state index contributed by atoms with van der Waals surface area (Å²) in [6.45, 7) is 8.78. The molecule has 0 unspecified atom stereocenters. The van der Waals surface area contributed by atoms with E-state index in [1.54, 1.807) is 0 Å². The van der Waals surface area contributed by atoms with Gasteiger partial charge in [-0.15, -0.1) is 0 Å². The highest BCUT2D eigenvalue weighted by atomic mass is 16.5. The van der Waals surface area contributed by atoms with Crippen LogP contribution >= 0.6 is 0 Å². The molecule has 0 N–H and O–H groups in total. The first kappa shape index (κ1) is 16.7. The number of carbonyl (C=O) groups is 1. The highest BCUT2D eigenvalue weighted by Crippen LogP contribution is 2.27. The van der Waals surface area contributed by atoms with Crippen molar-refractivity contribution >= 4 is 5.91 Å². The Hall–Kier alpha value is -2.14. The van der Waals surface area contributed by atoms with Crippen LogP contribution in [0.3, 0.4) is 0 Å². The Labute approximate surface area is 143 Å². The summed E-state index contributed by atoms with van der Waals surface area (Å²) in [5.74, 6) is 0.279. The largest absolute Gasteiger partial charge is 0.378 e. The van der Waals surface area contributed by atoms with Gasteiger partial charge in [-0.25, -0.2) is 4.68 Å². The van der Waals surface area contributed by atoms with Crippen molar-refractivity contribution in [1.82, 2.24) is 14.7 Å². The fourth-order valence-electron chi connectivity index (χ4n) is 3.14. The summed E-state index contributed by atoms with van der Waals surface area (Å²) < 4.78 is 7.31. The molecule has 5 nitrogen and oxygen atoms in total. The number of ether oxygens (including phenoxy) is 1. The van der Waals surface area contributed by atoms with Gasteiger partial charge >= 0.3 is 0 Å². The first-order valence-corrected chi connectivity index (χ1v) is 8.67. The van der Waals surface area contributed by atoms with E-state index in [0.717, 1.165) is 29.1 Å². The van der Waals surface area contributed by atoms with Crippen LogP contribution in [0.1, 0.15) is 48.4 Å². The first-order chi connectivity index (χ1) is 11.6. The van der Waals surface area contributed by atoms with Gasteiger partial charge < -0.3 is 9.64 Å². The van der Waals surface area contributed by atoms with Gasteiger partial charge in [0.05, 0.1) is 35.9 Å². The molecule has 5 heteroatoms. The van der Waals surface area contributed by atoms with E-state index in [-0.39, 0.29) is 11.8 Å². The number of morpholine rings is 1. The number of hydrogen-bond acceptors (Lipinski definition) is 3. The zero-order valence-corrected chi connectivity index (χ0v) is 14.7. The summed E-state index contributed by atoms with van der Waals surface area (Å²) in [4.78, 5) is 15.1. The lowest BCUT2D eigenvalue weighted by molar-refractivity contribution is 0.0301. The highest BCUT2D eigenvalue weighted by Gasteiger charge is 2.29. The lowest BCUT2D eigenvalue weighted by atomic mass is 10.0. The molecule has 0 atom stereocenters. The quantitative estimate of drug-likeness (QED) is 0.867. The molecule has 0 aliphatic carbocycles. The number of nitrogens with zero attached hydrogens (tertiary/aromatic N) is 3. The van der Waals surface area contributed by atoms with Crippen molar-refractivity contribution < 1.29 is 9.53 Å². The molecule has 0 saturated carbocycles. The molecule has 0 radical (unpaired) electrons. The maximum absolute atomic E-state index is 13.2. The van der Waals surface area contributed by atoms with Crippen molar-refractivity contribution in [1.29, 1.82) is 0 Å². The zero-order chi connectivity index (χ0) is 17.1. The summed E-state index contributed by atoms with van der Waals surface area (Å²) in [6.07, 6.45) is 0.764. The SMILES string of the molecule is CCc1c(C(=O)N2CCOCC2)c(C(C)C)nn1-c1ccccc1. The van der Waals surface area contributed by atoms with Crippen molar-refractivity contribution in [2.45, 2.75) is 33.1 Å². The molecular weight excluding hydrogens is 302 g/mol. The Morgan fingerprint density at radius 3 is 2.46 bits per heavy atom. The van der Waals surface area contributed by atoms with Crippen molar-refractivity contribution in [3.63, 3.8) is 0 Å². The van der Waals surface area contributed by atoms with E-state index in [9.17, 15) is 4.79 Å². The fourth-order valence-corrected chi connectivity index (χ4v) is 3.14. The summed E-state index contributed by atoms with van der Waals surface area (Å²) in [5, 5.41) is 4.80. The van der Waals surface area contributed by atoms with Crippen LogP contribution < -0.4 is 0 Å². The smallest absolute Gasteiger partial charge is 0.257 e. The second kappa shape index (κ2) is 7.18. The normalized spacial score (nSPS) is 15.1. The van der Waals surface area contributed by atoms with Crippen LogP contribution in [0.2, 0.25) is 0 Å². The molecular formula is C19H25N3O2. The molecule has 128 valence electrons. The standard InChI is InChI=1S/C19H25N3O2/c1-4-16-17(19(23)21-10-12-24-13-11-21)18(14(2)3)20-22(16)15-8-6-5-7-9-15/h5-9,14H,4,10-13H2,1-3H3. The molecule has 0 spiro atoms. The molecule has 1 fully saturated rings. The third kappa shape index (κ3) is 3.08. The number of hydrogen-bond donors (Lipinski definition) is 0. The van der Waals surface area contributed by atoms with Gasteiger partial charge in [0, 0.05) is 13.1 Å². The summed E-state index contributed by atoms with van der Waals surface area (Å²) in [6, 6.07) is 10.0. The van der Waals surface area contributed by atoms with Gasteiger partial charge in [-0.2, -0.15) is 5.10 Å². The summed E-state index contributed by atoms with van der Waals surface area (Å²) in [5.41, 5.74) is 3.64. The minimum absolute atomic E-state index is 0.0843. The Morgan fingerprint density at radius 2 is 1.88 bits per heavy atom. The number of carbonyl (C=O) groups excluding carboxylic acids is 1. The topological polar surface area (TPSA) is 47.4 Å². The summed E-state index contributed by atoms with van der Waals surface area (Å²) in [7, 11) is 0. The Bertz CT molecular complexity index is 701. The monoisotopic (exact) mass is 327 g/mol. The van der Waals surface area contributed by atoms with Gasteiger partial charge in [0.2, 0.25) is 0 Å². The highest BCUT2D eigenvalue weighted by molar-refractivity contribution is 5.97. The second-order valence-electron chi connectivity index (χ2n) is 6.37. The van der Waals surface area contributed by atoms with Gasteiger partial charge in [-0.05, 0) is 24.5 Å². The minimum Gasteiger partial charge on any atom is -0.378 e. The molecule has 0 bridgehead atoms. The van der Waals surface area contributed by atoms with E-state index in [1.165, 1.54) is 0 Å². The van der Waals surface area contributed by atoms with E-state index in [4.69, 9.17) is 9.84 Å². The predicted molar refractivity (Wildman–Crippen MR) is 93.8 cm³/mol. The van der Waals surface area contributed by atoms with Crippen LogP contribution in [0.4, 0.5) is 0 Å². The molecule has 2 aromatic rings. The fraction of sp³-hybridized carbons (Fsp3) is 0.474. The van der Waals surface area contributed by atoms with Crippen molar-refractivity contribution in [2.24, 2.45) is 0 Å². The zero-order valence-electron chi connectivity index (χ0n) is 14.7. The van der Waals surface area contributed by atoms with Gasteiger partial charge in [0.1, 0.15) is 0 Å². The van der Waals surface area contributed by atoms with Crippen LogP contribution in [0.5, 0.6) is 0 Å². The molecule has 3 rings (SSSR count). The van der Waals surface area contributed by atoms with Crippen LogP contribution in [0.25, 0.3) is 5.69 Å². The lowest BCUT2D eigenvalue weighted by Crippen LogP contribution is -2.41. The third-order valence-electron chi connectivity index (χ3n) is 4.40. The number of para-hydroxylation sites is 1. The predicted octanol–water partition coefficient (Wildman–Crippen LogP) is 3.03. The van der Waals surface area contributed by atoms with Crippen molar-refractivity contribution in [3.05, 3.63) is 47.3 Å². The third-order valence-corrected chi connectivity index (χ3v) is 4.40. The Balaban J connectivity index is 2.09. The average Bonchev–Trinajstić information content (AvgIpc) is 3.02. The molecule has 1 aromatic carbocycles. The Kier molecular flexibility index (Phi) is 5.00. The number of benzene rings is 1. The molecule has 1 aliphatic rings. The maximum Gasteiger partial charge on any atom is 0.257 e. The van der Waals surface area contributed by atoms with E-state index in [1.807, 2.05) is 39.9 Å². The molecule has 1 aromatic heterocycles. The molecule has 24 heavy (non-hydrogen) atoms. The molecule has 1 saturated heterocycles. The van der Waals surface area contributed by atoms with Gasteiger partial charge in [-0.1, -0.05) is 39.0 Å². The average molecular weight is 327 g/mol. The number of amides is 1. The van der Waals surface area contributed by atoms with E-state index in [0.29, 0.717) is 26.3 Å². The second-order valence-corrected chi connectivity index (χ2v) is 6.37. The van der Waals surface area contributed by atoms with Crippen LogP contribution in [-0.2, 0) is 11.2 Å². The van der Waals surface area contributed by atoms with Gasteiger partial charge in [0.25, 0.3) is 5.91 Å². The number of aromatic nitrogens is 2. The van der Waals surface area contributed by atoms with Gasteiger partial charge in [-0.3, -0.25) is 4.79 Å². The first-order valence-electron chi connectivity index (χ1n) is 8.67. The van der Waals surface area contributed by atoms with E-state index in [2.05, 4.69) is 20.8 Å². The van der Waals surface area contributed by atoms with Crippen LogP contribution in [-0.4, -0.2) is 46.9 Å².